The summed E-state index contributed by atoms with van der Waals surface area (Å²) in [6.07, 6.45) is 34.9. The Labute approximate surface area is 362 Å². The highest BCUT2D eigenvalue weighted by molar-refractivity contribution is 5.69. The summed E-state index contributed by atoms with van der Waals surface area (Å²) in [7, 11) is 0. The molecule has 2 rings (SSSR count). The lowest BCUT2D eigenvalue weighted by Crippen LogP contribution is -2.28. The quantitative estimate of drug-likeness (QED) is 0.0518. The number of hydrogen-bond donors (Lipinski definition) is 2. The van der Waals surface area contributed by atoms with Crippen LogP contribution < -0.4 is 0 Å². The van der Waals surface area contributed by atoms with Gasteiger partial charge in [0.25, 0.3) is 0 Å². The van der Waals surface area contributed by atoms with Crippen molar-refractivity contribution in [1.82, 2.24) is 0 Å². The van der Waals surface area contributed by atoms with Gasteiger partial charge in [0.05, 0.1) is 13.2 Å². The van der Waals surface area contributed by atoms with Gasteiger partial charge in [-0.25, -0.2) is 0 Å². The zero-order valence-electron chi connectivity index (χ0n) is 38.4. The van der Waals surface area contributed by atoms with Gasteiger partial charge in [-0.05, 0) is 85.8 Å². The molecule has 0 aliphatic rings. The maximum Gasteiger partial charge on any atom is 0.305 e. The van der Waals surface area contributed by atoms with Crippen LogP contribution in [-0.4, -0.2) is 35.4 Å². The first-order chi connectivity index (χ1) is 28.6. The molecule has 0 spiro atoms. The Kier molecular flexibility index (Phi) is 29.7. The highest BCUT2D eigenvalue weighted by Crippen LogP contribution is 2.31. The molecule has 0 radical (unpaired) electrons. The molecule has 0 aliphatic carbocycles. The molecule has 0 saturated heterocycles. The monoisotopic (exact) mass is 821 g/mol. The molecule has 2 aromatic rings. The van der Waals surface area contributed by atoms with Gasteiger partial charge >= 0.3 is 11.9 Å². The Hall–Kier alpha value is -3.02. The van der Waals surface area contributed by atoms with Crippen LogP contribution in [0.1, 0.15) is 243 Å². The van der Waals surface area contributed by atoms with Crippen LogP contribution in [0.5, 0.6) is 11.5 Å². The second-order valence-corrected chi connectivity index (χ2v) is 18.5. The van der Waals surface area contributed by atoms with Crippen molar-refractivity contribution < 1.29 is 29.3 Å². The molecule has 2 aromatic carbocycles. The largest absolute Gasteiger partial charge is 0.508 e. The zero-order chi connectivity index (χ0) is 42.8. The molecule has 0 saturated carbocycles. The number of aromatic hydroxyl groups is 2. The first-order valence-electron chi connectivity index (χ1n) is 24.5. The molecule has 0 fully saturated rings. The Morgan fingerprint density at radius 1 is 0.441 bits per heavy atom. The summed E-state index contributed by atoms with van der Waals surface area (Å²) in [5, 5.41) is 19.6. The number of hydrogen-bond acceptors (Lipinski definition) is 6. The van der Waals surface area contributed by atoms with Crippen LogP contribution in [0.3, 0.4) is 0 Å². The Morgan fingerprint density at radius 2 is 0.712 bits per heavy atom. The molecule has 6 nitrogen and oxygen atoms in total. The number of benzene rings is 2. The predicted octanol–water partition coefficient (Wildman–Crippen LogP) is 15.8. The first-order valence-corrected chi connectivity index (χ1v) is 24.5. The van der Waals surface area contributed by atoms with Crippen molar-refractivity contribution in [3.05, 3.63) is 59.7 Å². The number of phenolic OH excluding ortho intramolecular Hbond substituents is 2. The molecule has 0 aliphatic heterocycles. The average Bonchev–Trinajstić information content (AvgIpc) is 3.23. The molecule has 0 amide bonds. The van der Waals surface area contributed by atoms with Crippen molar-refractivity contribution in [1.29, 1.82) is 0 Å². The lowest BCUT2D eigenvalue weighted by atomic mass is 9.88. The van der Waals surface area contributed by atoms with Crippen molar-refractivity contribution in [2.75, 3.05) is 13.2 Å². The van der Waals surface area contributed by atoms with E-state index in [2.05, 4.69) is 38.1 Å². The number of carbonyl (C=O) groups is 2. The van der Waals surface area contributed by atoms with Crippen molar-refractivity contribution in [2.45, 2.75) is 232 Å². The van der Waals surface area contributed by atoms with Crippen LogP contribution >= 0.6 is 0 Å². The minimum absolute atomic E-state index is 0.175. The average molecular weight is 821 g/mol. The minimum Gasteiger partial charge on any atom is -0.508 e. The van der Waals surface area contributed by atoms with Gasteiger partial charge in [-0.3, -0.25) is 9.59 Å². The van der Waals surface area contributed by atoms with E-state index in [0.717, 1.165) is 64.2 Å². The summed E-state index contributed by atoms with van der Waals surface area (Å²) in [4.78, 5) is 25.1. The number of esters is 2. The van der Waals surface area contributed by atoms with Gasteiger partial charge in [0.2, 0.25) is 0 Å². The number of ether oxygens (including phenoxy) is 2. The fraction of sp³-hybridized carbons (Fsp3) is 0.736. The summed E-state index contributed by atoms with van der Waals surface area (Å²) in [5.41, 5.74) is 2.23. The third kappa shape index (κ3) is 27.4. The third-order valence-corrected chi connectivity index (χ3v) is 12.2. The highest BCUT2D eigenvalue weighted by atomic mass is 16.5. The Morgan fingerprint density at radius 3 is 1.02 bits per heavy atom. The molecule has 0 bridgehead atoms. The third-order valence-electron chi connectivity index (χ3n) is 12.2. The van der Waals surface area contributed by atoms with Crippen LogP contribution in [0.2, 0.25) is 0 Å². The standard InChI is InChI=1S/C53H88O6/c1-5-7-9-11-13-15-17-23-29-45(47-35-39-49(54)40-36-47)31-25-19-21-27-33-51(56)58-43-53(3,4)44-59-52(57)34-28-22-20-26-32-46(48-37-41-50(55)42-38-48)30-24-18-16-14-12-10-8-6-2/h35-42,45-46,54-55H,5-34,43-44H2,1-4H3. The van der Waals surface area contributed by atoms with Gasteiger partial charge in [0, 0.05) is 18.3 Å². The maximum atomic E-state index is 12.5. The highest BCUT2D eigenvalue weighted by Gasteiger charge is 2.23. The van der Waals surface area contributed by atoms with E-state index in [1.165, 1.54) is 127 Å². The van der Waals surface area contributed by atoms with Crippen molar-refractivity contribution >= 4 is 11.9 Å². The molecular formula is C53H88O6. The molecule has 2 N–H and O–H groups in total. The number of phenols is 2. The van der Waals surface area contributed by atoms with Gasteiger partial charge in [0.1, 0.15) is 11.5 Å². The van der Waals surface area contributed by atoms with E-state index in [-0.39, 0.29) is 25.2 Å². The van der Waals surface area contributed by atoms with Crippen molar-refractivity contribution in [3.8, 4) is 11.5 Å². The summed E-state index contributed by atoms with van der Waals surface area (Å²) in [5.74, 6) is 1.34. The summed E-state index contributed by atoms with van der Waals surface area (Å²) in [6, 6.07) is 15.6. The number of carbonyl (C=O) groups excluding carboxylic acids is 2. The molecule has 59 heavy (non-hydrogen) atoms. The van der Waals surface area contributed by atoms with Gasteiger partial charge in [-0.1, -0.05) is 193 Å². The topological polar surface area (TPSA) is 93.1 Å². The second kappa shape index (κ2) is 33.7. The Balaban J connectivity index is 1.56. The van der Waals surface area contributed by atoms with Gasteiger partial charge in [-0.15, -0.1) is 0 Å². The van der Waals surface area contributed by atoms with Crippen LogP contribution in [0.15, 0.2) is 48.5 Å². The minimum atomic E-state index is -0.429. The zero-order valence-corrected chi connectivity index (χ0v) is 38.4. The van der Waals surface area contributed by atoms with E-state index in [9.17, 15) is 19.8 Å². The van der Waals surface area contributed by atoms with Gasteiger partial charge in [0.15, 0.2) is 0 Å². The fourth-order valence-corrected chi connectivity index (χ4v) is 8.26. The Bertz CT molecular complexity index is 1200. The van der Waals surface area contributed by atoms with Crippen LogP contribution in [0.25, 0.3) is 0 Å². The number of rotatable bonds is 38. The second-order valence-electron chi connectivity index (χ2n) is 18.5. The van der Waals surface area contributed by atoms with E-state index in [1.807, 2.05) is 38.1 Å². The van der Waals surface area contributed by atoms with E-state index in [0.29, 0.717) is 36.2 Å². The maximum absolute atomic E-state index is 12.5. The van der Waals surface area contributed by atoms with E-state index in [4.69, 9.17) is 9.47 Å². The predicted molar refractivity (Wildman–Crippen MR) is 247 cm³/mol. The molecule has 2 atom stereocenters. The van der Waals surface area contributed by atoms with Crippen LogP contribution in [-0.2, 0) is 19.1 Å². The van der Waals surface area contributed by atoms with Crippen molar-refractivity contribution in [2.24, 2.45) is 5.41 Å². The first kappa shape index (κ1) is 52.1. The lowest BCUT2D eigenvalue weighted by molar-refractivity contribution is -0.152. The smallest absolute Gasteiger partial charge is 0.305 e. The van der Waals surface area contributed by atoms with Gasteiger partial charge < -0.3 is 19.7 Å². The van der Waals surface area contributed by atoms with E-state index in [1.54, 1.807) is 0 Å². The van der Waals surface area contributed by atoms with Gasteiger partial charge in [-0.2, -0.15) is 0 Å². The van der Waals surface area contributed by atoms with E-state index < -0.39 is 5.41 Å². The van der Waals surface area contributed by atoms with Crippen LogP contribution in [0, 0.1) is 5.41 Å². The van der Waals surface area contributed by atoms with Crippen molar-refractivity contribution in [3.63, 3.8) is 0 Å². The fourth-order valence-electron chi connectivity index (χ4n) is 8.26. The number of unbranched alkanes of at least 4 members (excludes halogenated alkanes) is 20. The molecule has 0 aromatic heterocycles. The molecule has 336 valence electrons. The molecule has 2 unspecified atom stereocenters. The molecular weight excluding hydrogens is 733 g/mol. The van der Waals surface area contributed by atoms with Crippen LogP contribution in [0.4, 0.5) is 0 Å². The summed E-state index contributed by atoms with van der Waals surface area (Å²) < 4.78 is 11.2. The molecule has 6 heteroatoms. The SMILES string of the molecule is CCCCCCCCCCC(CCCCCCC(=O)OCC(C)(C)COC(=O)CCCCCCC(CCCCCCCCCC)c1ccc(O)cc1)c1ccc(O)cc1. The normalized spacial score (nSPS) is 12.7. The van der Waals surface area contributed by atoms with E-state index >= 15 is 0 Å². The summed E-state index contributed by atoms with van der Waals surface area (Å²) >= 11 is 0. The molecule has 0 heterocycles. The lowest BCUT2D eigenvalue weighted by Gasteiger charge is -2.23. The summed E-state index contributed by atoms with van der Waals surface area (Å²) in [6.45, 7) is 8.97.